The Kier molecular flexibility index (Phi) is 6.87. The molecular formula is C22H19ClN2O5. The highest BCUT2D eigenvalue weighted by molar-refractivity contribution is 6.31. The van der Waals surface area contributed by atoms with Crippen LogP contribution in [0.3, 0.4) is 0 Å². The smallest absolute Gasteiger partial charge is 0.375 e. The molecular weight excluding hydrogens is 408 g/mol. The molecule has 0 unspecified atom stereocenters. The van der Waals surface area contributed by atoms with Gasteiger partial charge in [-0.3, -0.25) is 9.59 Å². The lowest BCUT2D eigenvalue weighted by atomic mass is 10.1. The summed E-state index contributed by atoms with van der Waals surface area (Å²) >= 11 is 6.01. The van der Waals surface area contributed by atoms with Crippen molar-refractivity contribution in [3.05, 3.63) is 77.2 Å². The fraction of sp³-hybridized carbons (Fsp3) is 0.136. The van der Waals surface area contributed by atoms with Gasteiger partial charge in [-0.1, -0.05) is 48.0 Å². The summed E-state index contributed by atoms with van der Waals surface area (Å²) in [5.41, 5.74) is 2.63. The third-order valence-electron chi connectivity index (χ3n) is 4.26. The lowest BCUT2D eigenvalue weighted by Gasteiger charge is -2.10. The van der Waals surface area contributed by atoms with E-state index in [9.17, 15) is 14.4 Å². The Morgan fingerprint density at radius 1 is 1.00 bits per heavy atom. The molecule has 3 aromatic rings. The third kappa shape index (κ3) is 5.27. The minimum Gasteiger partial charge on any atom is -0.457 e. The molecule has 0 aliphatic carbocycles. The molecule has 0 aliphatic heterocycles. The average molecular weight is 427 g/mol. The van der Waals surface area contributed by atoms with Crippen LogP contribution < -0.4 is 10.6 Å². The van der Waals surface area contributed by atoms with E-state index in [2.05, 4.69) is 10.6 Å². The van der Waals surface area contributed by atoms with E-state index < -0.39 is 24.4 Å². The molecule has 8 heteroatoms. The van der Waals surface area contributed by atoms with E-state index in [0.717, 1.165) is 11.1 Å². The van der Waals surface area contributed by atoms with Crippen LogP contribution in [0.15, 0.2) is 65.3 Å². The molecule has 154 valence electrons. The van der Waals surface area contributed by atoms with Gasteiger partial charge in [-0.2, -0.15) is 0 Å². The number of furan rings is 1. The molecule has 1 aromatic heterocycles. The number of anilines is 1. The summed E-state index contributed by atoms with van der Waals surface area (Å²) < 4.78 is 10.2. The maximum Gasteiger partial charge on any atom is 0.375 e. The lowest BCUT2D eigenvalue weighted by Crippen LogP contribution is -2.35. The maximum absolute atomic E-state index is 12.3. The van der Waals surface area contributed by atoms with E-state index in [0.29, 0.717) is 16.3 Å². The van der Waals surface area contributed by atoms with E-state index in [1.54, 1.807) is 31.2 Å². The van der Waals surface area contributed by atoms with Gasteiger partial charge in [0, 0.05) is 16.3 Å². The van der Waals surface area contributed by atoms with Crippen molar-refractivity contribution < 1.29 is 23.5 Å². The molecule has 0 saturated heterocycles. The zero-order valence-electron chi connectivity index (χ0n) is 16.1. The largest absolute Gasteiger partial charge is 0.457 e. The molecule has 0 saturated carbocycles. The summed E-state index contributed by atoms with van der Waals surface area (Å²) in [5, 5.41) is 5.57. The van der Waals surface area contributed by atoms with Crippen LogP contribution in [0.5, 0.6) is 0 Å². The number of nitrogens with one attached hydrogen (secondary N) is 2. The molecule has 0 bridgehead atoms. The van der Waals surface area contributed by atoms with Gasteiger partial charge >= 0.3 is 5.97 Å². The minimum atomic E-state index is -0.770. The zero-order chi connectivity index (χ0) is 21.5. The molecule has 0 fully saturated rings. The van der Waals surface area contributed by atoms with Crippen molar-refractivity contribution in [2.45, 2.75) is 6.92 Å². The first-order valence-electron chi connectivity index (χ1n) is 9.07. The average Bonchev–Trinajstić information content (AvgIpc) is 3.24. The molecule has 0 spiro atoms. The lowest BCUT2D eigenvalue weighted by molar-refractivity contribution is -0.126. The first-order chi connectivity index (χ1) is 14.5. The van der Waals surface area contributed by atoms with Gasteiger partial charge in [0.1, 0.15) is 0 Å². The van der Waals surface area contributed by atoms with Gasteiger partial charge in [-0.25, -0.2) is 4.79 Å². The van der Waals surface area contributed by atoms with Crippen molar-refractivity contribution in [1.82, 2.24) is 5.32 Å². The summed E-state index contributed by atoms with van der Waals surface area (Å²) in [6.07, 6.45) is 1.38. The Bertz CT molecular complexity index is 1060. The molecule has 0 aliphatic rings. The number of ether oxygens (including phenoxy) is 1. The molecule has 30 heavy (non-hydrogen) atoms. The van der Waals surface area contributed by atoms with Crippen molar-refractivity contribution in [2.75, 3.05) is 18.5 Å². The molecule has 0 atom stereocenters. The number of hydrogen-bond acceptors (Lipinski definition) is 5. The maximum atomic E-state index is 12.3. The number of hydrogen-bond donors (Lipinski definition) is 2. The fourth-order valence-corrected chi connectivity index (χ4v) is 2.85. The topological polar surface area (TPSA) is 97.6 Å². The van der Waals surface area contributed by atoms with Gasteiger partial charge in [0.2, 0.25) is 11.7 Å². The van der Waals surface area contributed by atoms with Crippen molar-refractivity contribution >= 4 is 35.1 Å². The number of rotatable bonds is 7. The van der Waals surface area contributed by atoms with Crippen LogP contribution in [0.4, 0.5) is 5.69 Å². The van der Waals surface area contributed by atoms with Crippen LogP contribution >= 0.6 is 11.6 Å². The number of carbonyl (C=O) groups excluding carboxylic acids is 3. The molecule has 3 rings (SSSR count). The zero-order valence-corrected chi connectivity index (χ0v) is 16.9. The predicted octanol–water partition coefficient (Wildman–Crippen LogP) is 3.82. The van der Waals surface area contributed by atoms with Crippen molar-refractivity contribution in [1.29, 1.82) is 0 Å². The fourth-order valence-electron chi connectivity index (χ4n) is 2.68. The predicted molar refractivity (Wildman–Crippen MR) is 112 cm³/mol. The first-order valence-corrected chi connectivity index (χ1v) is 9.45. The molecule has 2 amide bonds. The Balaban J connectivity index is 1.48. The Morgan fingerprint density at radius 3 is 2.53 bits per heavy atom. The van der Waals surface area contributed by atoms with E-state index in [-0.39, 0.29) is 12.3 Å². The van der Waals surface area contributed by atoms with Crippen LogP contribution in [0.1, 0.15) is 16.1 Å². The Morgan fingerprint density at radius 2 is 1.77 bits per heavy atom. The summed E-state index contributed by atoms with van der Waals surface area (Å²) in [6, 6.07) is 16.0. The Hall–Kier alpha value is -3.58. The van der Waals surface area contributed by atoms with Gasteiger partial charge in [0.15, 0.2) is 6.61 Å². The highest BCUT2D eigenvalue weighted by Gasteiger charge is 2.19. The molecule has 1 heterocycles. The van der Waals surface area contributed by atoms with Crippen molar-refractivity contribution in [2.24, 2.45) is 0 Å². The summed E-state index contributed by atoms with van der Waals surface area (Å²) in [6.45, 7) is 0.948. The van der Waals surface area contributed by atoms with Gasteiger partial charge in [0.05, 0.1) is 12.8 Å². The monoisotopic (exact) mass is 426 g/mol. The van der Waals surface area contributed by atoms with Crippen LogP contribution in [-0.2, 0) is 14.3 Å². The second-order valence-corrected chi connectivity index (χ2v) is 6.75. The summed E-state index contributed by atoms with van der Waals surface area (Å²) in [7, 11) is 0. The number of carbonyl (C=O) groups is 3. The van der Waals surface area contributed by atoms with Gasteiger partial charge < -0.3 is 19.8 Å². The number of amides is 2. The van der Waals surface area contributed by atoms with Crippen LogP contribution in [0.25, 0.3) is 11.1 Å². The number of halogens is 1. The second kappa shape index (κ2) is 9.76. The summed E-state index contributed by atoms with van der Waals surface area (Å²) in [5.74, 6) is -1.82. The first kappa shape index (κ1) is 21.1. The normalized spacial score (nSPS) is 10.3. The molecule has 7 nitrogen and oxygen atoms in total. The van der Waals surface area contributed by atoms with E-state index in [1.807, 2.05) is 30.3 Å². The van der Waals surface area contributed by atoms with Gasteiger partial charge in [-0.15, -0.1) is 0 Å². The van der Waals surface area contributed by atoms with E-state index in [1.165, 1.54) is 6.26 Å². The van der Waals surface area contributed by atoms with Crippen LogP contribution in [0.2, 0.25) is 5.02 Å². The molecule has 2 aromatic carbocycles. The standard InChI is InChI=1S/C22H19ClN2O5/c1-14-17(23)8-5-9-18(14)25-19(26)12-24-20(27)13-30-22(28)21-16(10-11-29-21)15-6-3-2-4-7-15/h2-11H,12-13H2,1H3,(H,24,27)(H,25,26). The highest BCUT2D eigenvalue weighted by atomic mass is 35.5. The minimum absolute atomic E-state index is 0.00294. The quantitative estimate of drug-likeness (QED) is 0.560. The van der Waals surface area contributed by atoms with Crippen molar-refractivity contribution in [3.63, 3.8) is 0 Å². The number of esters is 1. The molecule has 2 N–H and O–H groups in total. The van der Waals surface area contributed by atoms with Crippen LogP contribution in [-0.4, -0.2) is 30.9 Å². The second-order valence-electron chi connectivity index (χ2n) is 6.34. The number of benzene rings is 2. The van der Waals surface area contributed by atoms with E-state index in [4.69, 9.17) is 20.8 Å². The molecule has 0 radical (unpaired) electrons. The third-order valence-corrected chi connectivity index (χ3v) is 4.67. The Labute approximate surface area is 178 Å². The SMILES string of the molecule is Cc1c(Cl)cccc1NC(=O)CNC(=O)COC(=O)c1occc1-c1ccccc1. The summed E-state index contributed by atoms with van der Waals surface area (Å²) in [4.78, 5) is 36.2. The van der Waals surface area contributed by atoms with Gasteiger partial charge in [-0.05, 0) is 36.2 Å². The van der Waals surface area contributed by atoms with Gasteiger partial charge in [0.25, 0.3) is 5.91 Å². The van der Waals surface area contributed by atoms with E-state index >= 15 is 0 Å². The van der Waals surface area contributed by atoms with Crippen molar-refractivity contribution in [3.8, 4) is 11.1 Å². The highest BCUT2D eigenvalue weighted by Crippen LogP contribution is 2.25. The van der Waals surface area contributed by atoms with Crippen LogP contribution in [0, 0.1) is 6.92 Å².